The third-order valence-electron chi connectivity index (χ3n) is 6.86. The Kier molecular flexibility index (Phi) is 8.91. The number of ether oxygens (including phenoxy) is 2. The molecule has 0 saturated heterocycles. The number of thiazole rings is 1. The van der Waals surface area contributed by atoms with Gasteiger partial charge in [-0.15, -0.1) is 6.42 Å². The van der Waals surface area contributed by atoms with E-state index in [1.54, 1.807) is 17.6 Å². The lowest BCUT2D eigenvalue weighted by Gasteiger charge is -2.26. The van der Waals surface area contributed by atoms with Gasteiger partial charge in [-0.3, -0.25) is 9.36 Å². The number of rotatable bonds is 8. The Bertz CT molecular complexity index is 1880. The van der Waals surface area contributed by atoms with Crippen LogP contribution in [0.1, 0.15) is 55.0 Å². The molecule has 2 heterocycles. The second-order valence-electron chi connectivity index (χ2n) is 9.94. The fourth-order valence-corrected chi connectivity index (χ4v) is 6.33. The van der Waals surface area contributed by atoms with Crippen LogP contribution in [0, 0.1) is 12.3 Å². The molecule has 212 valence electrons. The fourth-order valence-electron chi connectivity index (χ4n) is 4.81. The lowest BCUT2D eigenvalue weighted by atomic mass is 9.91. The maximum Gasteiger partial charge on any atom is 0.338 e. The first-order valence-electron chi connectivity index (χ1n) is 13.6. The summed E-state index contributed by atoms with van der Waals surface area (Å²) in [5.41, 5.74) is 4.12. The van der Waals surface area contributed by atoms with Crippen molar-refractivity contribution >= 4 is 45.0 Å². The predicted molar refractivity (Wildman–Crippen MR) is 170 cm³/mol. The van der Waals surface area contributed by atoms with Crippen LogP contribution in [0.25, 0.3) is 11.8 Å². The zero-order valence-electron chi connectivity index (χ0n) is 23.5. The molecule has 6 nitrogen and oxygen atoms in total. The summed E-state index contributed by atoms with van der Waals surface area (Å²) < 4.78 is 13.9. The molecule has 1 atom stereocenters. The summed E-state index contributed by atoms with van der Waals surface area (Å²) in [6.07, 6.45) is 7.13. The van der Waals surface area contributed by atoms with Crippen molar-refractivity contribution in [3.63, 3.8) is 0 Å². The maximum atomic E-state index is 14.1. The van der Waals surface area contributed by atoms with Crippen molar-refractivity contribution in [1.82, 2.24) is 4.57 Å². The minimum Gasteiger partial charge on any atom is -0.480 e. The van der Waals surface area contributed by atoms with E-state index in [1.807, 2.05) is 72.8 Å². The normalized spacial score (nSPS) is 14.8. The Labute approximate surface area is 256 Å². The average molecular weight is 642 g/mol. The number of benzene rings is 3. The van der Waals surface area contributed by atoms with E-state index in [1.165, 1.54) is 11.3 Å². The lowest BCUT2D eigenvalue weighted by molar-refractivity contribution is -0.138. The zero-order valence-corrected chi connectivity index (χ0v) is 25.9. The maximum absolute atomic E-state index is 14.1. The molecule has 5 rings (SSSR count). The highest BCUT2D eigenvalue weighted by Crippen LogP contribution is 2.35. The molecule has 0 fully saturated rings. The van der Waals surface area contributed by atoms with Crippen molar-refractivity contribution < 1.29 is 14.3 Å². The van der Waals surface area contributed by atoms with Crippen LogP contribution in [0.4, 0.5) is 0 Å². The van der Waals surface area contributed by atoms with Crippen LogP contribution in [0.5, 0.6) is 5.75 Å². The summed E-state index contributed by atoms with van der Waals surface area (Å²) in [5.74, 6) is 2.90. The number of fused-ring (bicyclic) bond motifs is 1. The van der Waals surface area contributed by atoms with Crippen molar-refractivity contribution in [2.75, 3.05) is 13.2 Å². The van der Waals surface area contributed by atoms with Gasteiger partial charge in [-0.2, -0.15) is 0 Å². The van der Waals surface area contributed by atoms with Gasteiger partial charge in [0.05, 0.1) is 32.9 Å². The third kappa shape index (κ3) is 5.89. The minimum absolute atomic E-state index is 0.154. The largest absolute Gasteiger partial charge is 0.480 e. The first-order valence-corrected chi connectivity index (χ1v) is 15.2. The van der Waals surface area contributed by atoms with E-state index >= 15 is 0 Å². The number of nitrogens with zero attached hydrogens (tertiary/aromatic N) is 2. The van der Waals surface area contributed by atoms with Gasteiger partial charge in [-0.05, 0) is 63.7 Å². The Balaban J connectivity index is 1.75. The molecule has 0 spiro atoms. The minimum atomic E-state index is -0.717. The summed E-state index contributed by atoms with van der Waals surface area (Å²) in [7, 11) is 0. The Morgan fingerprint density at radius 3 is 2.52 bits per heavy atom. The molecular weight excluding hydrogens is 612 g/mol. The van der Waals surface area contributed by atoms with Crippen molar-refractivity contribution in [3.05, 3.63) is 125 Å². The smallest absolute Gasteiger partial charge is 0.338 e. The highest BCUT2D eigenvalue weighted by molar-refractivity contribution is 9.10. The van der Waals surface area contributed by atoms with Gasteiger partial charge in [0, 0.05) is 5.56 Å². The van der Waals surface area contributed by atoms with Crippen LogP contribution >= 0.6 is 27.3 Å². The molecule has 0 bridgehead atoms. The van der Waals surface area contributed by atoms with Crippen molar-refractivity contribution in [2.45, 2.75) is 32.7 Å². The highest BCUT2D eigenvalue weighted by atomic mass is 79.9. The second kappa shape index (κ2) is 12.8. The first kappa shape index (κ1) is 29.3. The summed E-state index contributed by atoms with van der Waals surface area (Å²) in [4.78, 5) is 33.1. The van der Waals surface area contributed by atoms with E-state index in [9.17, 15) is 9.59 Å². The molecule has 8 heteroatoms. The molecule has 42 heavy (non-hydrogen) atoms. The van der Waals surface area contributed by atoms with Gasteiger partial charge in [-0.1, -0.05) is 91.8 Å². The topological polar surface area (TPSA) is 69.9 Å². The summed E-state index contributed by atoms with van der Waals surface area (Å²) in [5, 5.41) is 0. The number of terminal acetylenes is 1. The molecule has 1 aliphatic heterocycles. The van der Waals surface area contributed by atoms with E-state index in [0.29, 0.717) is 32.3 Å². The van der Waals surface area contributed by atoms with E-state index < -0.39 is 12.0 Å². The molecule has 4 aromatic rings. The van der Waals surface area contributed by atoms with E-state index in [-0.39, 0.29) is 18.8 Å². The van der Waals surface area contributed by atoms with Crippen LogP contribution in [-0.4, -0.2) is 23.8 Å². The van der Waals surface area contributed by atoms with Crippen LogP contribution < -0.4 is 19.6 Å². The van der Waals surface area contributed by atoms with Crippen molar-refractivity contribution in [3.8, 4) is 18.1 Å². The number of hydrogen-bond acceptors (Lipinski definition) is 6. The predicted octanol–water partition coefficient (Wildman–Crippen LogP) is 5.83. The highest BCUT2D eigenvalue weighted by Gasteiger charge is 2.35. The molecule has 0 N–H and O–H groups in total. The van der Waals surface area contributed by atoms with Gasteiger partial charge in [-0.25, -0.2) is 9.79 Å². The molecule has 0 radical (unpaired) electrons. The number of esters is 1. The molecule has 0 aliphatic carbocycles. The third-order valence-corrected chi connectivity index (χ3v) is 8.46. The Morgan fingerprint density at radius 2 is 1.88 bits per heavy atom. The molecular formula is C34H29BrN2O4S. The van der Waals surface area contributed by atoms with Crippen LogP contribution in [0.3, 0.4) is 0 Å². The van der Waals surface area contributed by atoms with Gasteiger partial charge in [0.15, 0.2) is 4.80 Å². The number of hydrogen-bond donors (Lipinski definition) is 0. The molecule has 0 amide bonds. The van der Waals surface area contributed by atoms with E-state index in [2.05, 4.69) is 35.7 Å². The fraction of sp³-hybridized carbons (Fsp3) is 0.206. The monoisotopic (exact) mass is 640 g/mol. The molecule has 0 unspecified atom stereocenters. The van der Waals surface area contributed by atoms with Gasteiger partial charge < -0.3 is 9.47 Å². The zero-order chi connectivity index (χ0) is 29.8. The van der Waals surface area contributed by atoms with Gasteiger partial charge in [0.2, 0.25) is 0 Å². The molecule has 1 aliphatic rings. The molecule has 1 aromatic heterocycles. The van der Waals surface area contributed by atoms with Crippen LogP contribution in [0.2, 0.25) is 0 Å². The van der Waals surface area contributed by atoms with Crippen molar-refractivity contribution in [1.29, 1.82) is 0 Å². The Morgan fingerprint density at radius 1 is 1.14 bits per heavy atom. The van der Waals surface area contributed by atoms with Gasteiger partial charge >= 0.3 is 5.97 Å². The van der Waals surface area contributed by atoms with Crippen molar-refractivity contribution in [2.24, 2.45) is 4.99 Å². The standard InChI is InChI=1S/C34H29BrN2O4S/c1-5-18-41-27-17-12-22(19-26(27)35)20-28-32(38)37-31(25-15-13-23(14-16-25)21(3)4)29(33(39)40-6-2)30(36-34(37)42-28)24-10-8-7-9-11-24/h1,7-17,19-21,31H,6,18H2,2-4H3/b28-20-/t31-/m0/s1. The number of carbonyl (C=O) groups excluding carboxylic acids is 1. The van der Waals surface area contributed by atoms with Crippen LogP contribution in [0.15, 0.2) is 92.6 Å². The quantitative estimate of drug-likeness (QED) is 0.179. The number of halogens is 1. The van der Waals surface area contributed by atoms with Gasteiger partial charge in [0.25, 0.3) is 5.56 Å². The Hall–Kier alpha value is -4.19. The molecule has 3 aromatic carbocycles. The summed E-state index contributed by atoms with van der Waals surface area (Å²) >= 11 is 4.81. The van der Waals surface area contributed by atoms with Gasteiger partial charge in [0.1, 0.15) is 12.4 Å². The average Bonchev–Trinajstić information content (AvgIpc) is 3.30. The first-order chi connectivity index (χ1) is 20.3. The lowest BCUT2D eigenvalue weighted by Crippen LogP contribution is -2.40. The van der Waals surface area contributed by atoms with Crippen LogP contribution in [-0.2, 0) is 9.53 Å². The van der Waals surface area contributed by atoms with E-state index in [4.69, 9.17) is 20.9 Å². The number of aromatic nitrogens is 1. The summed E-state index contributed by atoms with van der Waals surface area (Å²) in [6.45, 7) is 6.37. The number of carbonyl (C=O) groups is 1. The van der Waals surface area contributed by atoms with E-state index in [0.717, 1.165) is 26.7 Å². The second-order valence-corrected chi connectivity index (χ2v) is 11.8. The SMILES string of the molecule is C#CCOc1ccc(/C=c2\sc3n(c2=O)[C@@H](c2ccc(C(C)C)cc2)C(C(=O)OCC)=C(c2ccccc2)N=3)cc1Br. The molecule has 0 saturated carbocycles. The summed E-state index contributed by atoms with van der Waals surface area (Å²) in [6, 6.07) is 22.4.